The Morgan fingerprint density at radius 2 is 1.71 bits per heavy atom. The largest absolute Gasteiger partial charge is 0.476 e. The summed E-state index contributed by atoms with van der Waals surface area (Å²) in [4.78, 5) is 29.8. The van der Waals surface area contributed by atoms with Crippen molar-refractivity contribution in [3.05, 3.63) is 72.1 Å². The zero-order valence-corrected chi connectivity index (χ0v) is 16.0. The minimum Gasteiger partial charge on any atom is -0.476 e. The number of amides is 3. The molecule has 1 fully saturated rings. The van der Waals surface area contributed by atoms with Crippen molar-refractivity contribution in [1.29, 1.82) is 0 Å². The molecule has 0 aromatic heterocycles. The second kappa shape index (κ2) is 7.38. The molecule has 144 valence electrons. The summed E-state index contributed by atoms with van der Waals surface area (Å²) in [5, 5.41) is 2.93. The third-order valence-electron chi connectivity index (χ3n) is 5.23. The minimum absolute atomic E-state index is 0.0827. The molecule has 2 aromatic carbocycles. The number of anilines is 2. The molecule has 0 radical (unpaired) electrons. The van der Waals surface area contributed by atoms with Gasteiger partial charge < -0.3 is 10.1 Å². The number of hydrogen-bond acceptors (Lipinski definition) is 3. The van der Waals surface area contributed by atoms with E-state index in [9.17, 15) is 9.59 Å². The molecule has 2 heterocycles. The van der Waals surface area contributed by atoms with E-state index < -0.39 is 6.04 Å². The van der Waals surface area contributed by atoms with E-state index in [1.165, 1.54) is 0 Å². The number of nitrogens with one attached hydrogen (secondary N) is 1. The molecule has 6 nitrogen and oxygen atoms in total. The van der Waals surface area contributed by atoms with Crippen molar-refractivity contribution in [2.24, 2.45) is 0 Å². The third-order valence-corrected chi connectivity index (χ3v) is 5.23. The summed E-state index contributed by atoms with van der Waals surface area (Å²) in [6.45, 7) is 4.27. The molecule has 1 saturated heterocycles. The zero-order chi connectivity index (χ0) is 19.7. The Hall–Kier alpha value is -3.28. The predicted molar refractivity (Wildman–Crippen MR) is 108 cm³/mol. The number of hydrogen-bond donors (Lipinski definition) is 1. The molecule has 0 unspecified atom stereocenters. The number of ether oxygens (including phenoxy) is 1. The van der Waals surface area contributed by atoms with Crippen LogP contribution in [0.4, 0.5) is 16.2 Å². The van der Waals surface area contributed by atoms with Crippen LogP contribution in [0.1, 0.15) is 20.3 Å². The van der Waals surface area contributed by atoms with Crippen LogP contribution in [0.3, 0.4) is 0 Å². The van der Waals surface area contributed by atoms with Crippen LogP contribution in [0, 0.1) is 0 Å². The second-order valence-corrected chi connectivity index (χ2v) is 6.95. The number of rotatable bonds is 4. The first-order valence-electron chi connectivity index (χ1n) is 9.52. The lowest BCUT2D eigenvalue weighted by Gasteiger charge is -2.39. The van der Waals surface area contributed by atoms with Crippen molar-refractivity contribution in [2.75, 3.05) is 16.8 Å². The highest BCUT2D eigenvalue weighted by molar-refractivity contribution is 6.09. The maximum absolute atomic E-state index is 13.3. The van der Waals surface area contributed by atoms with Gasteiger partial charge in [-0.1, -0.05) is 43.3 Å². The number of benzene rings is 2. The van der Waals surface area contributed by atoms with Crippen molar-refractivity contribution in [1.82, 2.24) is 4.90 Å². The summed E-state index contributed by atoms with van der Waals surface area (Å²) >= 11 is 0. The van der Waals surface area contributed by atoms with Gasteiger partial charge in [0.25, 0.3) is 5.91 Å². The van der Waals surface area contributed by atoms with Crippen LogP contribution >= 0.6 is 0 Å². The van der Waals surface area contributed by atoms with Crippen LogP contribution in [0.15, 0.2) is 72.1 Å². The Morgan fingerprint density at radius 3 is 2.36 bits per heavy atom. The number of fused-ring (bicyclic) bond motifs is 1. The van der Waals surface area contributed by atoms with Crippen LogP contribution < -0.4 is 10.2 Å². The number of carbonyl (C=O) groups is 2. The molecular weight excluding hydrogens is 354 g/mol. The van der Waals surface area contributed by atoms with Gasteiger partial charge in [-0.25, -0.2) is 4.79 Å². The van der Waals surface area contributed by atoms with Gasteiger partial charge in [0.05, 0.1) is 12.1 Å². The molecule has 0 bridgehead atoms. The van der Waals surface area contributed by atoms with Crippen LogP contribution in [0.2, 0.25) is 0 Å². The first-order valence-corrected chi connectivity index (χ1v) is 9.52. The minimum atomic E-state index is -0.458. The zero-order valence-electron chi connectivity index (χ0n) is 16.0. The monoisotopic (exact) mass is 377 g/mol. The highest BCUT2D eigenvalue weighted by Gasteiger charge is 2.47. The maximum Gasteiger partial charge on any atom is 0.332 e. The van der Waals surface area contributed by atoms with E-state index in [4.69, 9.17) is 4.74 Å². The first-order chi connectivity index (χ1) is 13.6. The number of carbonyl (C=O) groups excluding carboxylic acids is 2. The van der Waals surface area contributed by atoms with Crippen LogP contribution in [-0.2, 0) is 9.53 Å². The second-order valence-electron chi connectivity index (χ2n) is 6.95. The summed E-state index contributed by atoms with van der Waals surface area (Å²) < 4.78 is 5.85. The maximum atomic E-state index is 13.3. The molecule has 4 rings (SSSR count). The SMILES string of the molecule is CC[C@@H]1COC2=C(C(=O)Nc3ccccc3)[C@H](C)N(c3ccccc3)C(=O)N21. The molecule has 28 heavy (non-hydrogen) atoms. The lowest BCUT2D eigenvalue weighted by atomic mass is 10.0. The van der Waals surface area contributed by atoms with Crippen molar-refractivity contribution in [2.45, 2.75) is 32.4 Å². The highest BCUT2D eigenvalue weighted by atomic mass is 16.5. The van der Waals surface area contributed by atoms with E-state index in [2.05, 4.69) is 5.32 Å². The molecule has 3 amide bonds. The fourth-order valence-electron chi connectivity index (χ4n) is 3.75. The van der Waals surface area contributed by atoms with Gasteiger partial charge in [-0.15, -0.1) is 0 Å². The quantitative estimate of drug-likeness (QED) is 0.877. The topological polar surface area (TPSA) is 61.9 Å². The van der Waals surface area contributed by atoms with E-state index in [1.807, 2.05) is 74.5 Å². The van der Waals surface area contributed by atoms with E-state index in [-0.39, 0.29) is 18.0 Å². The van der Waals surface area contributed by atoms with Gasteiger partial charge in [-0.2, -0.15) is 0 Å². The Labute approximate surface area is 164 Å². The molecule has 2 aliphatic heterocycles. The molecule has 0 saturated carbocycles. The standard InChI is InChI=1S/C22H23N3O3/c1-3-17-14-28-21-19(20(26)23-16-10-6-4-7-11-16)15(2)24(22(27)25(17)21)18-12-8-5-9-13-18/h4-13,15,17H,3,14H2,1-2H3,(H,23,26)/t15-,17+/m0/s1. The Morgan fingerprint density at radius 1 is 1.07 bits per heavy atom. The molecule has 6 heteroatoms. The summed E-state index contributed by atoms with van der Waals surface area (Å²) in [6.07, 6.45) is 0.750. The number of nitrogens with zero attached hydrogens (tertiary/aromatic N) is 2. The smallest absolute Gasteiger partial charge is 0.332 e. The van der Waals surface area contributed by atoms with Crippen molar-refractivity contribution < 1.29 is 14.3 Å². The van der Waals surface area contributed by atoms with Crippen LogP contribution in [0.5, 0.6) is 0 Å². The molecule has 2 aliphatic rings. The Kier molecular flexibility index (Phi) is 4.77. The molecule has 2 atom stereocenters. The Bertz CT molecular complexity index is 911. The fraction of sp³-hybridized carbons (Fsp3) is 0.273. The van der Waals surface area contributed by atoms with E-state index >= 15 is 0 Å². The van der Waals surface area contributed by atoms with Crippen molar-refractivity contribution in [3.8, 4) is 0 Å². The van der Waals surface area contributed by atoms with Gasteiger partial charge in [0.2, 0.25) is 5.88 Å². The predicted octanol–water partition coefficient (Wildman–Crippen LogP) is 3.98. The average molecular weight is 377 g/mol. The first kappa shape index (κ1) is 18.1. The summed E-state index contributed by atoms with van der Waals surface area (Å²) in [5.74, 6) is 0.119. The molecule has 1 N–H and O–H groups in total. The number of urea groups is 1. The fourth-order valence-corrected chi connectivity index (χ4v) is 3.75. The van der Waals surface area contributed by atoms with E-state index in [0.29, 0.717) is 23.8 Å². The molecular formula is C22H23N3O3. The highest BCUT2D eigenvalue weighted by Crippen LogP contribution is 2.37. The summed E-state index contributed by atoms with van der Waals surface area (Å²) in [6, 6.07) is 18.0. The normalized spacial score (nSPS) is 21.4. The van der Waals surface area contributed by atoms with Crippen molar-refractivity contribution in [3.63, 3.8) is 0 Å². The van der Waals surface area contributed by atoms with Crippen LogP contribution in [0.25, 0.3) is 0 Å². The van der Waals surface area contributed by atoms with Gasteiger partial charge >= 0.3 is 6.03 Å². The number of para-hydroxylation sites is 2. The van der Waals surface area contributed by atoms with Gasteiger partial charge in [-0.05, 0) is 37.6 Å². The van der Waals surface area contributed by atoms with Crippen molar-refractivity contribution >= 4 is 23.3 Å². The average Bonchev–Trinajstić information content (AvgIpc) is 3.14. The van der Waals surface area contributed by atoms with Gasteiger partial charge in [0.1, 0.15) is 12.2 Å². The third kappa shape index (κ3) is 3.01. The van der Waals surface area contributed by atoms with Gasteiger partial charge in [0, 0.05) is 11.4 Å². The lowest BCUT2D eigenvalue weighted by molar-refractivity contribution is -0.113. The molecule has 0 aliphatic carbocycles. The van der Waals surface area contributed by atoms with Crippen LogP contribution in [-0.4, -0.2) is 35.5 Å². The summed E-state index contributed by atoms with van der Waals surface area (Å²) in [7, 11) is 0. The summed E-state index contributed by atoms with van der Waals surface area (Å²) in [5.41, 5.74) is 1.92. The molecule has 0 spiro atoms. The lowest BCUT2D eigenvalue weighted by Crippen LogP contribution is -2.55. The van der Waals surface area contributed by atoms with Gasteiger partial charge in [-0.3, -0.25) is 14.6 Å². The van der Waals surface area contributed by atoms with E-state index in [1.54, 1.807) is 9.80 Å². The van der Waals surface area contributed by atoms with E-state index in [0.717, 1.165) is 12.1 Å². The Balaban J connectivity index is 1.76. The van der Waals surface area contributed by atoms with Gasteiger partial charge in [0.15, 0.2) is 0 Å². The molecule has 2 aromatic rings.